The lowest BCUT2D eigenvalue weighted by Crippen LogP contribution is -2.42. The number of carbonyl (C=O) groups excluding carboxylic acids is 2. The number of nitrogens with zero attached hydrogens (tertiary/aromatic N) is 1. The van der Waals surface area contributed by atoms with Crippen molar-refractivity contribution in [1.82, 2.24) is 10.2 Å². The Hall–Kier alpha value is -2.27. The number of hydrogen-bond acceptors (Lipinski definition) is 6. The number of anilines is 1. The van der Waals surface area contributed by atoms with Crippen LogP contribution in [-0.2, 0) is 14.3 Å². The van der Waals surface area contributed by atoms with E-state index in [0.29, 0.717) is 13.2 Å². The molecule has 2 aliphatic heterocycles. The quantitative estimate of drug-likeness (QED) is 0.504. The maximum Gasteiger partial charge on any atom is 0.319 e. The molecule has 0 saturated carbocycles. The van der Waals surface area contributed by atoms with Gasteiger partial charge in [0.25, 0.3) is 0 Å². The highest BCUT2D eigenvalue weighted by Gasteiger charge is 2.44. The number of hydrogen-bond donors (Lipinski definition) is 4. The minimum absolute atomic E-state index is 0.00921. The number of rotatable bonds is 7. The number of urea groups is 1. The molecule has 0 aliphatic carbocycles. The Kier molecular flexibility index (Phi) is 7.59. The molecule has 1 aromatic rings. The van der Waals surface area contributed by atoms with E-state index in [0.717, 1.165) is 12.8 Å². The van der Waals surface area contributed by atoms with Gasteiger partial charge in [-0.25, -0.2) is 9.18 Å². The van der Waals surface area contributed by atoms with Crippen LogP contribution in [0.4, 0.5) is 14.9 Å². The van der Waals surface area contributed by atoms with Crippen LogP contribution in [0.3, 0.4) is 0 Å². The van der Waals surface area contributed by atoms with Gasteiger partial charge in [-0.3, -0.25) is 4.79 Å². The Morgan fingerprint density at radius 1 is 1.30 bits per heavy atom. The van der Waals surface area contributed by atoms with E-state index in [-0.39, 0.29) is 30.6 Å². The Morgan fingerprint density at radius 3 is 2.80 bits per heavy atom. The number of halogens is 1. The van der Waals surface area contributed by atoms with Crippen LogP contribution in [0.2, 0.25) is 0 Å². The van der Waals surface area contributed by atoms with Crippen LogP contribution in [0.1, 0.15) is 19.3 Å². The molecule has 0 bridgehead atoms. The number of benzene rings is 1. The molecule has 166 valence electrons. The molecule has 3 amide bonds. The molecule has 0 radical (unpaired) electrons. The summed E-state index contributed by atoms with van der Waals surface area (Å²) in [5.74, 6) is -0.646. The largest absolute Gasteiger partial charge is 0.388 e. The van der Waals surface area contributed by atoms with E-state index in [1.165, 1.54) is 24.3 Å². The molecular formula is C20H28FN3O6. The van der Waals surface area contributed by atoms with Gasteiger partial charge in [-0.1, -0.05) is 6.07 Å². The molecule has 2 heterocycles. The van der Waals surface area contributed by atoms with E-state index >= 15 is 0 Å². The Balaban J connectivity index is 1.48. The van der Waals surface area contributed by atoms with Gasteiger partial charge in [0.05, 0.1) is 25.2 Å². The second-order valence-corrected chi connectivity index (χ2v) is 7.58. The third-order valence-electron chi connectivity index (χ3n) is 5.44. The molecule has 1 aromatic carbocycles. The van der Waals surface area contributed by atoms with Crippen molar-refractivity contribution in [3.8, 4) is 0 Å². The molecular weight excluding hydrogens is 397 g/mol. The van der Waals surface area contributed by atoms with Crippen molar-refractivity contribution in [2.24, 2.45) is 0 Å². The fraction of sp³-hybridized carbons (Fsp3) is 0.600. The normalized spacial score (nSPS) is 28.5. The van der Waals surface area contributed by atoms with Crippen LogP contribution >= 0.6 is 0 Å². The molecule has 5 atom stereocenters. The summed E-state index contributed by atoms with van der Waals surface area (Å²) in [6.07, 6.45) is -2.53. The molecule has 0 unspecified atom stereocenters. The Labute approximate surface area is 174 Å². The average Bonchev–Trinajstić information content (AvgIpc) is 3.27. The summed E-state index contributed by atoms with van der Waals surface area (Å²) < 4.78 is 24.0. The van der Waals surface area contributed by atoms with Crippen LogP contribution in [-0.4, -0.2) is 84.3 Å². The minimum atomic E-state index is -1.24. The van der Waals surface area contributed by atoms with Crippen LogP contribution in [0.5, 0.6) is 0 Å². The van der Waals surface area contributed by atoms with Crippen molar-refractivity contribution in [3.05, 3.63) is 30.1 Å². The van der Waals surface area contributed by atoms with Gasteiger partial charge in [0.1, 0.15) is 24.1 Å². The zero-order chi connectivity index (χ0) is 21.7. The van der Waals surface area contributed by atoms with Crippen molar-refractivity contribution >= 4 is 17.6 Å². The van der Waals surface area contributed by atoms with Crippen LogP contribution in [0.15, 0.2) is 24.3 Å². The zero-order valence-electron chi connectivity index (χ0n) is 16.8. The molecule has 2 saturated heterocycles. The predicted molar refractivity (Wildman–Crippen MR) is 105 cm³/mol. The SMILES string of the molecule is COC[C@@H]1CCCN1C(=O)C[C@H]1O[C@H](CNC(=O)Nc2cccc(F)c2)[C@@H](O)[C@H]1O. The molecule has 4 N–H and O–H groups in total. The first-order valence-electron chi connectivity index (χ1n) is 9.99. The van der Waals surface area contributed by atoms with E-state index in [9.17, 15) is 24.2 Å². The fourth-order valence-corrected chi connectivity index (χ4v) is 3.92. The van der Waals surface area contributed by atoms with Crippen LogP contribution < -0.4 is 10.6 Å². The number of carbonyl (C=O) groups is 2. The highest BCUT2D eigenvalue weighted by molar-refractivity contribution is 5.89. The minimum Gasteiger partial charge on any atom is -0.388 e. The summed E-state index contributed by atoms with van der Waals surface area (Å²) in [7, 11) is 1.59. The number of ether oxygens (including phenoxy) is 2. The van der Waals surface area contributed by atoms with Gasteiger partial charge in [-0.2, -0.15) is 0 Å². The van der Waals surface area contributed by atoms with Gasteiger partial charge in [-0.05, 0) is 31.0 Å². The van der Waals surface area contributed by atoms with Gasteiger partial charge in [-0.15, -0.1) is 0 Å². The summed E-state index contributed by atoms with van der Waals surface area (Å²) in [6.45, 7) is 0.999. The van der Waals surface area contributed by atoms with E-state index < -0.39 is 36.3 Å². The van der Waals surface area contributed by atoms with Crippen molar-refractivity contribution < 1.29 is 33.7 Å². The van der Waals surface area contributed by atoms with Gasteiger partial charge in [0.2, 0.25) is 5.91 Å². The van der Waals surface area contributed by atoms with Crippen LogP contribution in [0, 0.1) is 5.82 Å². The van der Waals surface area contributed by atoms with E-state index in [1.54, 1.807) is 12.0 Å². The second kappa shape index (κ2) is 10.2. The number of amides is 3. The molecule has 10 heteroatoms. The summed E-state index contributed by atoms with van der Waals surface area (Å²) in [4.78, 5) is 26.3. The lowest BCUT2D eigenvalue weighted by atomic mass is 10.0. The van der Waals surface area contributed by atoms with Gasteiger partial charge < -0.3 is 35.2 Å². The average molecular weight is 425 g/mol. The summed E-state index contributed by atoms with van der Waals surface area (Å²) in [5.41, 5.74) is 0.278. The monoisotopic (exact) mass is 425 g/mol. The van der Waals surface area contributed by atoms with E-state index in [2.05, 4.69) is 10.6 Å². The standard InChI is InChI=1S/C20H28FN3O6/c1-29-11-14-6-3-7-24(14)17(25)9-15-18(26)19(27)16(30-15)10-22-20(28)23-13-5-2-4-12(21)8-13/h2,4-5,8,14-16,18-19,26-27H,3,6-7,9-11H2,1H3,(H2,22,23,28)/t14-,15+,16+,18-,19+/m0/s1. The fourth-order valence-electron chi connectivity index (χ4n) is 3.92. The summed E-state index contributed by atoms with van der Waals surface area (Å²) in [6, 6.07) is 4.82. The Morgan fingerprint density at radius 2 is 2.07 bits per heavy atom. The van der Waals surface area contributed by atoms with Gasteiger partial charge in [0.15, 0.2) is 0 Å². The lowest BCUT2D eigenvalue weighted by Gasteiger charge is -2.26. The lowest BCUT2D eigenvalue weighted by molar-refractivity contribution is -0.137. The first-order valence-corrected chi connectivity index (χ1v) is 9.99. The number of nitrogens with one attached hydrogen (secondary N) is 2. The molecule has 30 heavy (non-hydrogen) atoms. The van der Waals surface area contributed by atoms with Crippen molar-refractivity contribution in [2.75, 3.05) is 32.1 Å². The highest BCUT2D eigenvalue weighted by atomic mass is 19.1. The number of aliphatic hydroxyl groups is 2. The zero-order valence-corrected chi connectivity index (χ0v) is 16.8. The molecule has 0 spiro atoms. The number of aliphatic hydroxyl groups excluding tert-OH is 2. The van der Waals surface area contributed by atoms with E-state index in [1.807, 2.05) is 0 Å². The van der Waals surface area contributed by atoms with Crippen molar-refractivity contribution in [2.45, 2.75) is 49.7 Å². The van der Waals surface area contributed by atoms with E-state index in [4.69, 9.17) is 9.47 Å². The van der Waals surface area contributed by atoms with Crippen molar-refractivity contribution in [3.63, 3.8) is 0 Å². The third-order valence-corrected chi connectivity index (χ3v) is 5.44. The Bertz CT molecular complexity index is 751. The molecule has 3 rings (SSSR count). The van der Waals surface area contributed by atoms with Crippen LogP contribution in [0.25, 0.3) is 0 Å². The second-order valence-electron chi connectivity index (χ2n) is 7.58. The maximum absolute atomic E-state index is 13.2. The van der Waals surface area contributed by atoms with Gasteiger partial charge in [0, 0.05) is 25.9 Å². The van der Waals surface area contributed by atoms with Gasteiger partial charge >= 0.3 is 6.03 Å². The van der Waals surface area contributed by atoms with Crippen molar-refractivity contribution in [1.29, 1.82) is 0 Å². The first kappa shape index (κ1) is 22.4. The summed E-state index contributed by atoms with van der Waals surface area (Å²) in [5, 5.41) is 25.5. The summed E-state index contributed by atoms with van der Waals surface area (Å²) >= 11 is 0. The highest BCUT2D eigenvalue weighted by Crippen LogP contribution is 2.26. The predicted octanol–water partition coefficient (Wildman–Crippen LogP) is 0.464. The number of methoxy groups -OCH3 is 1. The topological polar surface area (TPSA) is 120 Å². The molecule has 0 aromatic heterocycles. The molecule has 2 aliphatic rings. The molecule has 2 fully saturated rings. The smallest absolute Gasteiger partial charge is 0.319 e. The maximum atomic E-state index is 13.2. The number of likely N-dealkylation sites (tertiary alicyclic amines) is 1. The third kappa shape index (κ3) is 5.45. The first-order chi connectivity index (χ1) is 14.4. The molecule has 9 nitrogen and oxygen atoms in total.